The minimum absolute atomic E-state index is 0.0530. The molecule has 1 aromatic rings. The highest BCUT2D eigenvalue weighted by molar-refractivity contribution is 7.98. The zero-order valence-corrected chi connectivity index (χ0v) is 16.1. The van der Waals surface area contributed by atoms with Crippen LogP contribution in [0.5, 0.6) is 5.75 Å². The van der Waals surface area contributed by atoms with Crippen LogP contribution in [0.4, 0.5) is 11.4 Å². The Morgan fingerprint density at radius 1 is 1.33 bits per heavy atom. The average Bonchev–Trinajstić information content (AvgIpc) is 2.67. The standard InChI is InChI=1S/C17H21N3O6S/c1-20-12-8-10(4-5-13(12)26-9-14(20)21)18-15(22)16(23)19-11(6-7-27-3)17(24)25-2/h4-5,8,11H,6-7,9H2,1-3H3,(H,18,22)(H,19,23)/t11-/m0/s1. The van der Waals surface area contributed by atoms with E-state index in [4.69, 9.17) is 4.74 Å². The molecular formula is C17H21N3O6S. The molecule has 0 radical (unpaired) electrons. The monoisotopic (exact) mass is 395 g/mol. The molecule has 1 aliphatic rings. The number of anilines is 2. The highest BCUT2D eigenvalue weighted by atomic mass is 32.2. The molecule has 1 aliphatic heterocycles. The first-order chi connectivity index (χ1) is 12.9. The van der Waals surface area contributed by atoms with Crippen molar-refractivity contribution in [3.63, 3.8) is 0 Å². The first-order valence-electron chi connectivity index (χ1n) is 8.09. The molecule has 10 heteroatoms. The molecular weight excluding hydrogens is 374 g/mol. The molecule has 1 atom stereocenters. The lowest BCUT2D eigenvalue weighted by atomic mass is 10.2. The highest BCUT2D eigenvalue weighted by Gasteiger charge is 2.26. The normalized spacial score (nSPS) is 13.9. The zero-order chi connectivity index (χ0) is 20.0. The van der Waals surface area contributed by atoms with Crippen LogP contribution in [0.15, 0.2) is 18.2 Å². The van der Waals surface area contributed by atoms with Gasteiger partial charge in [0.1, 0.15) is 11.8 Å². The molecule has 2 rings (SSSR count). The number of rotatable bonds is 6. The highest BCUT2D eigenvalue weighted by Crippen LogP contribution is 2.33. The Hall–Kier alpha value is -2.75. The molecule has 27 heavy (non-hydrogen) atoms. The Kier molecular flexibility index (Phi) is 7.05. The van der Waals surface area contributed by atoms with Crippen LogP contribution in [0.25, 0.3) is 0 Å². The molecule has 0 bridgehead atoms. The second kappa shape index (κ2) is 9.26. The summed E-state index contributed by atoms with van der Waals surface area (Å²) in [6, 6.07) is 3.78. The molecule has 9 nitrogen and oxygen atoms in total. The van der Waals surface area contributed by atoms with Crippen LogP contribution < -0.4 is 20.3 Å². The fourth-order valence-electron chi connectivity index (χ4n) is 2.39. The van der Waals surface area contributed by atoms with Gasteiger partial charge >= 0.3 is 17.8 Å². The molecule has 2 N–H and O–H groups in total. The summed E-state index contributed by atoms with van der Waals surface area (Å²) in [5.74, 6) is -1.60. The van der Waals surface area contributed by atoms with E-state index in [9.17, 15) is 19.2 Å². The predicted molar refractivity (Wildman–Crippen MR) is 101 cm³/mol. The number of nitrogens with one attached hydrogen (secondary N) is 2. The summed E-state index contributed by atoms with van der Waals surface area (Å²) in [7, 11) is 2.81. The van der Waals surface area contributed by atoms with Crippen LogP contribution >= 0.6 is 11.8 Å². The van der Waals surface area contributed by atoms with E-state index >= 15 is 0 Å². The molecule has 0 saturated heterocycles. The van der Waals surface area contributed by atoms with Crippen molar-refractivity contribution in [2.45, 2.75) is 12.5 Å². The van der Waals surface area contributed by atoms with E-state index < -0.39 is 23.8 Å². The van der Waals surface area contributed by atoms with Gasteiger partial charge in [0.25, 0.3) is 5.91 Å². The number of esters is 1. The maximum atomic E-state index is 12.2. The number of ether oxygens (including phenoxy) is 2. The third-order valence-electron chi connectivity index (χ3n) is 3.91. The van der Waals surface area contributed by atoms with Crippen molar-refractivity contribution in [3.8, 4) is 5.75 Å². The molecule has 1 aromatic carbocycles. The summed E-state index contributed by atoms with van der Waals surface area (Å²) in [6.45, 7) is -0.0530. The summed E-state index contributed by atoms with van der Waals surface area (Å²) in [4.78, 5) is 49.1. The number of hydrogen-bond donors (Lipinski definition) is 2. The van der Waals surface area contributed by atoms with Gasteiger partial charge in [-0.25, -0.2) is 4.79 Å². The van der Waals surface area contributed by atoms with Crippen molar-refractivity contribution in [1.29, 1.82) is 0 Å². The van der Waals surface area contributed by atoms with Gasteiger partial charge in [0.05, 0.1) is 12.8 Å². The van der Waals surface area contributed by atoms with Crippen LogP contribution in [0.3, 0.4) is 0 Å². The number of amides is 3. The Bertz CT molecular complexity index is 754. The number of benzene rings is 1. The SMILES string of the molecule is COC(=O)[C@H](CCSC)NC(=O)C(=O)Nc1ccc2c(c1)N(C)C(=O)CO2. The molecule has 3 amide bonds. The molecule has 0 saturated carbocycles. The first-order valence-corrected chi connectivity index (χ1v) is 9.48. The molecule has 146 valence electrons. The second-order valence-electron chi connectivity index (χ2n) is 5.71. The van der Waals surface area contributed by atoms with Gasteiger partial charge in [-0.15, -0.1) is 0 Å². The van der Waals surface area contributed by atoms with Crippen molar-refractivity contribution < 1.29 is 28.7 Å². The van der Waals surface area contributed by atoms with Crippen molar-refractivity contribution >= 4 is 46.8 Å². The maximum absolute atomic E-state index is 12.2. The molecule has 0 aliphatic carbocycles. The van der Waals surface area contributed by atoms with Gasteiger partial charge in [-0.05, 0) is 36.6 Å². The van der Waals surface area contributed by atoms with E-state index in [1.165, 1.54) is 29.8 Å². The topological polar surface area (TPSA) is 114 Å². The summed E-state index contributed by atoms with van der Waals surface area (Å²) in [5.41, 5.74) is 0.801. The number of methoxy groups -OCH3 is 1. The van der Waals surface area contributed by atoms with Gasteiger partial charge in [-0.2, -0.15) is 11.8 Å². The van der Waals surface area contributed by atoms with E-state index in [1.807, 2.05) is 6.26 Å². The summed E-state index contributed by atoms with van der Waals surface area (Å²) >= 11 is 1.51. The minimum Gasteiger partial charge on any atom is -0.482 e. The van der Waals surface area contributed by atoms with Crippen molar-refractivity contribution in [3.05, 3.63) is 18.2 Å². The minimum atomic E-state index is -0.954. The molecule has 0 spiro atoms. The average molecular weight is 395 g/mol. The predicted octanol–water partition coefficient (Wildman–Crippen LogP) is 0.391. The van der Waals surface area contributed by atoms with Crippen molar-refractivity contribution in [1.82, 2.24) is 5.32 Å². The molecule has 0 unspecified atom stereocenters. The van der Waals surface area contributed by atoms with Crippen molar-refractivity contribution in [2.24, 2.45) is 0 Å². The van der Waals surface area contributed by atoms with E-state index in [-0.39, 0.29) is 12.5 Å². The molecule has 1 heterocycles. The third-order valence-corrected chi connectivity index (χ3v) is 4.56. The van der Waals surface area contributed by atoms with Gasteiger partial charge in [0.2, 0.25) is 0 Å². The van der Waals surface area contributed by atoms with Crippen LogP contribution in [-0.4, -0.2) is 62.5 Å². The first kappa shape index (κ1) is 20.6. The summed E-state index contributed by atoms with van der Waals surface area (Å²) < 4.78 is 9.95. The van der Waals surface area contributed by atoms with Crippen molar-refractivity contribution in [2.75, 3.05) is 43.0 Å². The number of carbonyl (C=O) groups is 4. The Morgan fingerprint density at radius 3 is 2.74 bits per heavy atom. The van der Waals surface area contributed by atoms with Crippen LogP contribution in [0.1, 0.15) is 6.42 Å². The third kappa shape index (κ3) is 5.13. The Labute approximate surface area is 160 Å². The van der Waals surface area contributed by atoms with E-state index in [0.717, 1.165) is 0 Å². The van der Waals surface area contributed by atoms with Gasteiger partial charge in [0, 0.05) is 12.7 Å². The number of fused-ring (bicyclic) bond motifs is 1. The number of hydrogen-bond acceptors (Lipinski definition) is 7. The van der Waals surface area contributed by atoms with E-state index in [1.54, 1.807) is 19.2 Å². The second-order valence-corrected chi connectivity index (χ2v) is 6.69. The molecule has 0 fully saturated rings. The number of nitrogens with zero attached hydrogens (tertiary/aromatic N) is 1. The quantitative estimate of drug-likeness (QED) is 0.529. The number of likely N-dealkylation sites (N-methyl/N-ethyl adjacent to an activating group) is 1. The van der Waals surface area contributed by atoms with E-state index in [0.29, 0.717) is 29.3 Å². The van der Waals surface area contributed by atoms with E-state index in [2.05, 4.69) is 15.4 Å². The number of carbonyl (C=O) groups excluding carboxylic acids is 4. The lowest BCUT2D eigenvalue weighted by Gasteiger charge is -2.26. The smallest absolute Gasteiger partial charge is 0.328 e. The van der Waals surface area contributed by atoms with Crippen LogP contribution in [-0.2, 0) is 23.9 Å². The van der Waals surface area contributed by atoms with Crippen LogP contribution in [0.2, 0.25) is 0 Å². The van der Waals surface area contributed by atoms with Crippen LogP contribution in [0, 0.1) is 0 Å². The summed E-state index contributed by atoms with van der Waals surface area (Å²) in [5, 5.41) is 4.82. The van der Waals surface area contributed by atoms with Gasteiger partial charge in [-0.3, -0.25) is 14.4 Å². The lowest BCUT2D eigenvalue weighted by Crippen LogP contribution is -2.46. The fraction of sp³-hybridized carbons (Fsp3) is 0.412. The lowest BCUT2D eigenvalue weighted by molar-refractivity contribution is -0.146. The fourth-order valence-corrected chi connectivity index (χ4v) is 2.86. The van der Waals surface area contributed by atoms with Gasteiger partial charge in [-0.1, -0.05) is 0 Å². The number of thioether (sulfide) groups is 1. The summed E-state index contributed by atoms with van der Waals surface area (Å²) in [6.07, 6.45) is 2.21. The largest absolute Gasteiger partial charge is 0.482 e. The Morgan fingerprint density at radius 2 is 2.07 bits per heavy atom. The van der Waals surface area contributed by atoms with Gasteiger partial charge in [0.15, 0.2) is 6.61 Å². The zero-order valence-electron chi connectivity index (χ0n) is 15.2. The maximum Gasteiger partial charge on any atom is 0.328 e. The van der Waals surface area contributed by atoms with Gasteiger partial charge < -0.3 is 25.0 Å². The molecule has 0 aromatic heterocycles. The Balaban J connectivity index is 2.04.